The molecule has 0 spiro atoms. The molecule has 7 heteroatoms. The fourth-order valence-corrected chi connectivity index (χ4v) is 4.80. The highest BCUT2D eigenvalue weighted by Crippen LogP contribution is 2.26. The molecule has 0 atom stereocenters. The Bertz CT molecular complexity index is 1160. The molecule has 0 heterocycles. The van der Waals surface area contributed by atoms with E-state index in [0.29, 0.717) is 17.3 Å². The Morgan fingerprint density at radius 1 is 1.00 bits per heavy atom. The van der Waals surface area contributed by atoms with E-state index < -0.39 is 15.9 Å². The first-order chi connectivity index (χ1) is 14.7. The number of carbonyl (C=O) groups excluding carboxylic acids is 1. The molecule has 0 fully saturated rings. The van der Waals surface area contributed by atoms with Gasteiger partial charge in [-0.05, 0) is 66.4 Å². The van der Waals surface area contributed by atoms with Gasteiger partial charge >= 0.3 is 0 Å². The first kappa shape index (κ1) is 23.0. The zero-order chi connectivity index (χ0) is 22.6. The Labute approximate surface area is 192 Å². The van der Waals surface area contributed by atoms with Crippen LogP contribution in [0.15, 0.2) is 82.2 Å². The summed E-state index contributed by atoms with van der Waals surface area (Å²) >= 11 is 3.43. The lowest BCUT2D eigenvalue weighted by Crippen LogP contribution is -2.38. The van der Waals surface area contributed by atoms with Gasteiger partial charge in [-0.3, -0.25) is 9.10 Å². The van der Waals surface area contributed by atoms with Crippen molar-refractivity contribution in [1.29, 1.82) is 0 Å². The maximum Gasteiger partial charge on any atom is 0.264 e. The third-order valence-corrected chi connectivity index (χ3v) is 7.59. The van der Waals surface area contributed by atoms with Crippen LogP contribution < -0.4 is 9.62 Å². The van der Waals surface area contributed by atoms with E-state index in [1.165, 1.54) is 12.1 Å². The van der Waals surface area contributed by atoms with Crippen LogP contribution in [-0.4, -0.2) is 20.9 Å². The number of nitrogens with one attached hydrogen (secondary N) is 1. The first-order valence-corrected chi connectivity index (χ1v) is 12.2. The average molecular weight is 501 g/mol. The van der Waals surface area contributed by atoms with Crippen LogP contribution in [0.4, 0.5) is 11.4 Å². The van der Waals surface area contributed by atoms with Gasteiger partial charge in [-0.1, -0.05) is 60.1 Å². The van der Waals surface area contributed by atoms with Gasteiger partial charge in [0.1, 0.15) is 6.54 Å². The Morgan fingerprint density at radius 3 is 2.23 bits per heavy atom. The molecule has 0 aliphatic rings. The van der Waals surface area contributed by atoms with Gasteiger partial charge in [-0.15, -0.1) is 0 Å². The van der Waals surface area contributed by atoms with Crippen LogP contribution in [-0.2, 0) is 14.8 Å². The summed E-state index contributed by atoms with van der Waals surface area (Å²) in [6.07, 6.45) is 0. The number of hydrogen-bond donors (Lipinski definition) is 1. The second-order valence-corrected chi connectivity index (χ2v) is 10.3. The van der Waals surface area contributed by atoms with Crippen molar-refractivity contribution in [2.75, 3.05) is 16.2 Å². The number of benzene rings is 3. The monoisotopic (exact) mass is 500 g/mol. The van der Waals surface area contributed by atoms with Crippen LogP contribution in [0, 0.1) is 6.92 Å². The van der Waals surface area contributed by atoms with Gasteiger partial charge in [0.25, 0.3) is 10.0 Å². The number of anilines is 2. The predicted molar refractivity (Wildman–Crippen MR) is 129 cm³/mol. The van der Waals surface area contributed by atoms with E-state index in [0.717, 1.165) is 19.9 Å². The van der Waals surface area contributed by atoms with E-state index in [2.05, 4.69) is 35.1 Å². The van der Waals surface area contributed by atoms with Crippen LogP contribution in [0.1, 0.15) is 30.9 Å². The summed E-state index contributed by atoms with van der Waals surface area (Å²) in [5, 5.41) is 2.80. The van der Waals surface area contributed by atoms with E-state index in [1.54, 1.807) is 36.4 Å². The van der Waals surface area contributed by atoms with Crippen LogP contribution in [0.3, 0.4) is 0 Å². The smallest absolute Gasteiger partial charge is 0.264 e. The maximum absolute atomic E-state index is 13.4. The van der Waals surface area contributed by atoms with Gasteiger partial charge in [0.05, 0.1) is 10.6 Å². The molecule has 5 nitrogen and oxygen atoms in total. The quantitative estimate of drug-likeness (QED) is 0.451. The minimum Gasteiger partial charge on any atom is -0.325 e. The van der Waals surface area contributed by atoms with Crippen LogP contribution in [0.5, 0.6) is 0 Å². The van der Waals surface area contributed by atoms with E-state index in [4.69, 9.17) is 0 Å². The highest BCUT2D eigenvalue weighted by Gasteiger charge is 2.27. The molecular formula is C24H25BrN2O3S. The zero-order valence-electron chi connectivity index (χ0n) is 17.7. The fourth-order valence-electron chi connectivity index (χ4n) is 3.11. The number of sulfonamides is 1. The van der Waals surface area contributed by atoms with Crippen molar-refractivity contribution in [3.63, 3.8) is 0 Å². The van der Waals surface area contributed by atoms with Crippen molar-refractivity contribution in [1.82, 2.24) is 0 Å². The summed E-state index contributed by atoms with van der Waals surface area (Å²) < 4.78 is 28.8. The predicted octanol–water partition coefficient (Wildman–Crippen LogP) is 5.71. The molecule has 0 aliphatic heterocycles. The molecule has 0 radical (unpaired) electrons. The lowest BCUT2D eigenvalue weighted by Gasteiger charge is -2.24. The molecule has 0 unspecified atom stereocenters. The van der Waals surface area contributed by atoms with E-state index in [1.807, 2.05) is 31.2 Å². The van der Waals surface area contributed by atoms with Crippen molar-refractivity contribution in [3.8, 4) is 0 Å². The largest absolute Gasteiger partial charge is 0.325 e. The molecule has 162 valence electrons. The number of halogens is 1. The number of aryl methyl sites for hydroxylation is 1. The van der Waals surface area contributed by atoms with Crippen molar-refractivity contribution >= 4 is 43.2 Å². The number of carbonyl (C=O) groups is 1. The highest BCUT2D eigenvalue weighted by atomic mass is 79.9. The topological polar surface area (TPSA) is 66.5 Å². The molecule has 0 saturated heterocycles. The van der Waals surface area contributed by atoms with Gasteiger partial charge in [0.15, 0.2) is 0 Å². The summed E-state index contributed by atoms with van der Waals surface area (Å²) in [6, 6.07) is 20.8. The molecule has 1 amide bonds. The van der Waals surface area contributed by atoms with Crippen LogP contribution in [0.25, 0.3) is 0 Å². The molecule has 3 aromatic carbocycles. The summed E-state index contributed by atoms with van der Waals surface area (Å²) in [4.78, 5) is 13.0. The summed E-state index contributed by atoms with van der Waals surface area (Å²) in [7, 11) is -3.92. The lowest BCUT2D eigenvalue weighted by atomic mass is 10.0. The molecule has 1 N–H and O–H groups in total. The SMILES string of the molecule is Cc1cc(NC(=O)CN(c2ccc(C(C)C)cc2)S(=O)(=O)c2ccccc2)ccc1Br. The standard InChI is InChI=1S/C24H25BrN2O3S/c1-17(2)19-9-12-21(13-10-19)27(31(29,30)22-7-5-4-6-8-22)16-24(28)26-20-11-14-23(25)18(3)15-20/h4-15,17H,16H2,1-3H3,(H,26,28). The minimum atomic E-state index is -3.92. The fraction of sp³-hybridized carbons (Fsp3) is 0.208. The zero-order valence-corrected chi connectivity index (χ0v) is 20.1. The number of rotatable bonds is 7. The van der Waals surface area contributed by atoms with E-state index >= 15 is 0 Å². The summed E-state index contributed by atoms with van der Waals surface area (Å²) in [6.45, 7) is 5.72. The molecule has 0 saturated carbocycles. The van der Waals surface area contributed by atoms with Crippen molar-refractivity contribution in [2.45, 2.75) is 31.6 Å². The van der Waals surface area contributed by atoms with Crippen molar-refractivity contribution < 1.29 is 13.2 Å². The van der Waals surface area contributed by atoms with Crippen LogP contribution in [0.2, 0.25) is 0 Å². The Morgan fingerprint density at radius 2 is 1.65 bits per heavy atom. The van der Waals surface area contributed by atoms with Crippen molar-refractivity contribution in [2.24, 2.45) is 0 Å². The summed E-state index contributed by atoms with van der Waals surface area (Å²) in [5.41, 5.74) is 3.11. The van der Waals surface area contributed by atoms with Gasteiger partial charge in [-0.25, -0.2) is 8.42 Å². The van der Waals surface area contributed by atoms with E-state index in [9.17, 15) is 13.2 Å². The van der Waals surface area contributed by atoms with Gasteiger partial charge in [0, 0.05) is 10.2 Å². The van der Waals surface area contributed by atoms with Crippen LogP contribution >= 0.6 is 15.9 Å². The average Bonchev–Trinajstić information content (AvgIpc) is 2.75. The van der Waals surface area contributed by atoms with E-state index in [-0.39, 0.29) is 11.4 Å². The molecular weight excluding hydrogens is 476 g/mol. The Balaban J connectivity index is 1.93. The minimum absolute atomic E-state index is 0.134. The summed E-state index contributed by atoms with van der Waals surface area (Å²) in [5.74, 6) is -0.105. The van der Waals surface area contributed by atoms with Gasteiger partial charge in [0.2, 0.25) is 5.91 Å². The number of nitrogens with zero attached hydrogens (tertiary/aromatic N) is 1. The highest BCUT2D eigenvalue weighted by molar-refractivity contribution is 9.10. The molecule has 3 rings (SSSR count). The first-order valence-electron chi connectivity index (χ1n) is 9.92. The third kappa shape index (κ3) is 5.54. The van der Waals surface area contributed by atoms with Crippen molar-refractivity contribution in [3.05, 3.63) is 88.4 Å². The molecule has 0 aromatic heterocycles. The second kappa shape index (κ2) is 9.66. The molecule has 3 aromatic rings. The maximum atomic E-state index is 13.4. The normalized spacial score (nSPS) is 11.4. The number of amides is 1. The lowest BCUT2D eigenvalue weighted by molar-refractivity contribution is -0.114. The molecule has 0 aliphatic carbocycles. The molecule has 0 bridgehead atoms. The van der Waals surface area contributed by atoms with Gasteiger partial charge in [-0.2, -0.15) is 0 Å². The van der Waals surface area contributed by atoms with Gasteiger partial charge < -0.3 is 5.32 Å². The molecule has 31 heavy (non-hydrogen) atoms. The second-order valence-electron chi connectivity index (χ2n) is 7.58. The third-order valence-electron chi connectivity index (χ3n) is 4.91. The Kier molecular flexibility index (Phi) is 7.18. The Hall–Kier alpha value is -2.64. The number of hydrogen-bond acceptors (Lipinski definition) is 3.